The van der Waals surface area contributed by atoms with Crippen molar-refractivity contribution >= 4 is 28.9 Å². The second kappa shape index (κ2) is 5.47. The fourth-order valence-electron chi connectivity index (χ4n) is 2.65. The molecular formula is C16H14ClN3S. The lowest BCUT2D eigenvalue weighted by Crippen LogP contribution is -1.88. The Morgan fingerprint density at radius 2 is 2.10 bits per heavy atom. The van der Waals surface area contributed by atoms with Gasteiger partial charge in [0.25, 0.3) is 0 Å². The smallest absolute Gasteiger partial charge is 0.183 e. The molecule has 3 nitrogen and oxygen atoms in total. The highest BCUT2D eigenvalue weighted by atomic mass is 35.5. The van der Waals surface area contributed by atoms with Crippen molar-refractivity contribution in [1.29, 1.82) is 0 Å². The van der Waals surface area contributed by atoms with E-state index in [-0.39, 0.29) is 12.4 Å². The van der Waals surface area contributed by atoms with Gasteiger partial charge < -0.3 is 5.32 Å². The summed E-state index contributed by atoms with van der Waals surface area (Å²) in [6, 6.07) is 10.7. The summed E-state index contributed by atoms with van der Waals surface area (Å²) in [6.45, 7) is 0. The minimum Gasteiger partial charge on any atom is -0.365 e. The highest BCUT2D eigenvalue weighted by Gasteiger charge is 2.23. The van der Waals surface area contributed by atoms with Crippen molar-refractivity contribution in [1.82, 2.24) is 9.97 Å². The van der Waals surface area contributed by atoms with Crippen molar-refractivity contribution in [2.75, 3.05) is 12.4 Å². The number of nitrogens with one attached hydrogen (secondary N) is 1. The maximum absolute atomic E-state index is 4.65. The SMILES string of the molecule is CNc1nc2c(s1)Cc1cc(-c3cccnc3)ccc1-2.Cl. The molecule has 2 heterocycles. The van der Waals surface area contributed by atoms with Crippen molar-refractivity contribution < 1.29 is 0 Å². The molecule has 0 fully saturated rings. The number of pyridine rings is 1. The topological polar surface area (TPSA) is 37.8 Å². The van der Waals surface area contributed by atoms with E-state index in [0.29, 0.717) is 0 Å². The first-order valence-corrected chi connectivity index (χ1v) is 7.38. The summed E-state index contributed by atoms with van der Waals surface area (Å²) in [6.07, 6.45) is 4.69. The van der Waals surface area contributed by atoms with Crippen LogP contribution in [0.25, 0.3) is 22.4 Å². The molecule has 0 bridgehead atoms. The number of hydrogen-bond donors (Lipinski definition) is 1. The fourth-order valence-corrected chi connectivity index (χ4v) is 3.60. The summed E-state index contributed by atoms with van der Waals surface area (Å²) < 4.78 is 0. The summed E-state index contributed by atoms with van der Waals surface area (Å²) in [7, 11) is 1.92. The number of thiazole rings is 1. The van der Waals surface area contributed by atoms with E-state index in [0.717, 1.165) is 22.8 Å². The number of halogens is 1. The van der Waals surface area contributed by atoms with Gasteiger partial charge in [-0.15, -0.1) is 23.7 Å². The molecule has 0 spiro atoms. The van der Waals surface area contributed by atoms with Crippen LogP contribution in [-0.2, 0) is 6.42 Å². The Morgan fingerprint density at radius 3 is 2.86 bits per heavy atom. The Hall–Kier alpha value is -1.91. The van der Waals surface area contributed by atoms with Crippen LogP contribution in [0, 0.1) is 0 Å². The van der Waals surface area contributed by atoms with Crippen molar-refractivity contribution in [2.24, 2.45) is 0 Å². The first-order chi connectivity index (χ1) is 9.85. The van der Waals surface area contributed by atoms with Gasteiger partial charge in [-0.3, -0.25) is 4.98 Å². The van der Waals surface area contributed by atoms with Gasteiger partial charge in [-0.2, -0.15) is 0 Å². The van der Waals surface area contributed by atoms with E-state index in [1.807, 2.05) is 19.3 Å². The lowest BCUT2D eigenvalue weighted by atomic mass is 10.0. The number of aromatic nitrogens is 2. The molecule has 21 heavy (non-hydrogen) atoms. The van der Waals surface area contributed by atoms with Crippen molar-refractivity contribution in [2.45, 2.75) is 6.42 Å². The van der Waals surface area contributed by atoms with E-state index in [4.69, 9.17) is 0 Å². The third kappa shape index (κ3) is 2.30. The van der Waals surface area contributed by atoms with Gasteiger partial charge in [0.2, 0.25) is 0 Å². The zero-order valence-corrected chi connectivity index (χ0v) is 13.1. The van der Waals surface area contributed by atoms with Crippen molar-refractivity contribution in [3.8, 4) is 22.4 Å². The molecule has 3 aromatic rings. The van der Waals surface area contributed by atoms with E-state index >= 15 is 0 Å². The summed E-state index contributed by atoms with van der Waals surface area (Å²) in [5.74, 6) is 0. The summed E-state index contributed by atoms with van der Waals surface area (Å²) >= 11 is 1.75. The molecule has 1 N–H and O–H groups in total. The average molecular weight is 316 g/mol. The van der Waals surface area contributed by atoms with Crippen LogP contribution in [0.5, 0.6) is 0 Å². The monoisotopic (exact) mass is 315 g/mol. The van der Waals surface area contributed by atoms with E-state index < -0.39 is 0 Å². The first kappa shape index (κ1) is 14.0. The molecular weight excluding hydrogens is 302 g/mol. The quantitative estimate of drug-likeness (QED) is 0.601. The fraction of sp³-hybridized carbons (Fsp3) is 0.125. The predicted molar refractivity (Wildman–Crippen MR) is 90.4 cm³/mol. The van der Waals surface area contributed by atoms with E-state index in [9.17, 15) is 0 Å². The second-order valence-corrected chi connectivity index (χ2v) is 5.91. The molecule has 1 aliphatic carbocycles. The summed E-state index contributed by atoms with van der Waals surface area (Å²) in [4.78, 5) is 10.2. The predicted octanol–water partition coefficient (Wildman–Crippen LogP) is 4.24. The Bertz CT molecular complexity index is 783. The van der Waals surface area contributed by atoms with Crippen molar-refractivity contribution in [3.05, 3.63) is 53.2 Å². The summed E-state index contributed by atoms with van der Waals surface area (Å²) in [5, 5.41) is 4.12. The maximum Gasteiger partial charge on any atom is 0.183 e. The van der Waals surface area contributed by atoms with Gasteiger partial charge in [0.05, 0.1) is 5.69 Å². The van der Waals surface area contributed by atoms with E-state index in [1.165, 1.54) is 21.6 Å². The number of benzene rings is 1. The first-order valence-electron chi connectivity index (χ1n) is 6.56. The van der Waals surface area contributed by atoms with Crippen LogP contribution in [0.2, 0.25) is 0 Å². The number of fused-ring (bicyclic) bond motifs is 3. The molecule has 4 rings (SSSR count). The minimum atomic E-state index is 0. The second-order valence-electron chi connectivity index (χ2n) is 4.83. The molecule has 0 saturated heterocycles. The van der Waals surface area contributed by atoms with Gasteiger partial charge in [0.15, 0.2) is 5.13 Å². The number of nitrogens with zero attached hydrogens (tertiary/aromatic N) is 2. The standard InChI is InChI=1S/C16H13N3S.ClH/c1-17-16-19-15-13-5-4-10(11-3-2-6-18-9-11)7-12(13)8-14(15)20-16;/h2-7,9H,8H2,1H3,(H,17,19);1H. The Balaban J connectivity index is 0.00000132. The molecule has 2 aromatic heterocycles. The molecule has 0 atom stereocenters. The largest absolute Gasteiger partial charge is 0.365 e. The Kier molecular flexibility index (Phi) is 3.66. The molecule has 0 saturated carbocycles. The molecule has 0 aliphatic heterocycles. The van der Waals surface area contributed by atoms with Crippen LogP contribution in [0.3, 0.4) is 0 Å². The van der Waals surface area contributed by atoms with Gasteiger partial charge in [-0.25, -0.2) is 4.98 Å². The van der Waals surface area contributed by atoms with Crippen LogP contribution in [-0.4, -0.2) is 17.0 Å². The molecule has 5 heteroatoms. The number of rotatable bonds is 2. The van der Waals surface area contributed by atoms with Gasteiger partial charge in [-0.1, -0.05) is 24.3 Å². The molecule has 1 aromatic carbocycles. The highest BCUT2D eigenvalue weighted by Crippen LogP contribution is 2.42. The number of anilines is 1. The van der Waals surface area contributed by atoms with Gasteiger partial charge in [0.1, 0.15) is 0 Å². The normalized spacial score (nSPS) is 11.5. The third-order valence-corrected chi connectivity index (χ3v) is 4.69. The lowest BCUT2D eigenvalue weighted by molar-refractivity contribution is 1.30. The summed E-state index contributed by atoms with van der Waals surface area (Å²) in [5.41, 5.74) is 6.16. The van der Waals surface area contributed by atoms with Gasteiger partial charge in [0, 0.05) is 36.3 Å². The zero-order chi connectivity index (χ0) is 13.5. The zero-order valence-electron chi connectivity index (χ0n) is 11.5. The molecule has 0 amide bonds. The number of hydrogen-bond acceptors (Lipinski definition) is 4. The average Bonchev–Trinajstić information content (AvgIpc) is 3.04. The molecule has 1 aliphatic rings. The van der Waals surface area contributed by atoms with Crippen LogP contribution >= 0.6 is 23.7 Å². The van der Waals surface area contributed by atoms with Crippen molar-refractivity contribution in [3.63, 3.8) is 0 Å². The maximum atomic E-state index is 4.65. The molecule has 0 unspecified atom stereocenters. The minimum absolute atomic E-state index is 0. The highest BCUT2D eigenvalue weighted by molar-refractivity contribution is 7.16. The van der Waals surface area contributed by atoms with Gasteiger partial charge >= 0.3 is 0 Å². The third-order valence-electron chi connectivity index (χ3n) is 3.62. The molecule has 106 valence electrons. The van der Waals surface area contributed by atoms with E-state index in [2.05, 4.69) is 39.6 Å². The lowest BCUT2D eigenvalue weighted by Gasteiger charge is -2.05. The Labute approximate surface area is 133 Å². The van der Waals surface area contributed by atoms with Crippen LogP contribution in [0.1, 0.15) is 10.4 Å². The molecule has 0 radical (unpaired) electrons. The Morgan fingerprint density at radius 1 is 1.19 bits per heavy atom. The van der Waals surface area contributed by atoms with E-state index in [1.54, 1.807) is 17.5 Å². The van der Waals surface area contributed by atoms with Crippen LogP contribution in [0.15, 0.2) is 42.7 Å². The van der Waals surface area contributed by atoms with Crippen LogP contribution < -0.4 is 5.32 Å². The van der Waals surface area contributed by atoms with Crippen LogP contribution in [0.4, 0.5) is 5.13 Å². The van der Waals surface area contributed by atoms with Gasteiger partial charge in [-0.05, 0) is 22.8 Å².